The first-order chi connectivity index (χ1) is 16.1. The number of benzene rings is 2. The first-order valence-electron chi connectivity index (χ1n) is 11.9. The number of aryl methyl sites for hydroxylation is 3. The van der Waals surface area contributed by atoms with Crippen molar-refractivity contribution in [2.75, 3.05) is 51.3 Å². The molecule has 1 aliphatic carbocycles. The highest BCUT2D eigenvalue weighted by Crippen LogP contribution is 2.36. The SMILES string of the molecule is COc1ccc(C)c2sc(N3CCN(CCNC(=O)c4ccc5c(c4)CCCC5)CC3)nc12. The van der Waals surface area contributed by atoms with Crippen LogP contribution in [0.15, 0.2) is 30.3 Å². The number of nitrogens with zero attached hydrogens (tertiary/aromatic N) is 3. The summed E-state index contributed by atoms with van der Waals surface area (Å²) >= 11 is 1.75. The quantitative estimate of drug-likeness (QED) is 0.597. The molecule has 1 saturated heterocycles. The lowest BCUT2D eigenvalue weighted by Crippen LogP contribution is -2.48. The summed E-state index contributed by atoms with van der Waals surface area (Å²) in [5.74, 6) is 0.882. The van der Waals surface area contributed by atoms with E-state index in [9.17, 15) is 4.79 Å². The molecule has 33 heavy (non-hydrogen) atoms. The van der Waals surface area contributed by atoms with Crippen molar-refractivity contribution in [1.82, 2.24) is 15.2 Å². The predicted molar refractivity (Wildman–Crippen MR) is 135 cm³/mol. The summed E-state index contributed by atoms with van der Waals surface area (Å²) in [5, 5.41) is 4.18. The van der Waals surface area contributed by atoms with E-state index in [1.54, 1.807) is 18.4 Å². The van der Waals surface area contributed by atoms with E-state index in [1.165, 1.54) is 34.2 Å². The van der Waals surface area contributed by atoms with Crippen molar-refractivity contribution in [3.63, 3.8) is 0 Å². The number of methoxy groups -OCH3 is 1. The van der Waals surface area contributed by atoms with Gasteiger partial charge in [0.25, 0.3) is 5.91 Å². The van der Waals surface area contributed by atoms with E-state index in [2.05, 4.69) is 40.2 Å². The zero-order valence-corrected chi connectivity index (χ0v) is 20.3. The van der Waals surface area contributed by atoms with Crippen LogP contribution in [0.5, 0.6) is 5.75 Å². The summed E-state index contributed by atoms with van der Waals surface area (Å²) < 4.78 is 6.71. The van der Waals surface area contributed by atoms with Crippen molar-refractivity contribution >= 4 is 32.6 Å². The van der Waals surface area contributed by atoms with Crippen molar-refractivity contribution in [1.29, 1.82) is 0 Å². The van der Waals surface area contributed by atoms with Gasteiger partial charge in [0.15, 0.2) is 5.13 Å². The Labute approximate surface area is 199 Å². The number of amides is 1. The van der Waals surface area contributed by atoms with Crippen molar-refractivity contribution in [2.45, 2.75) is 32.6 Å². The molecule has 7 heteroatoms. The minimum atomic E-state index is 0.0424. The molecule has 2 aliphatic rings. The molecule has 0 saturated carbocycles. The molecule has 2 aromatic carbocycles. The second-order valence-electron chi connectivity index (χ2n) is 9.03. The number of nitrogens with one attached hydrogen (secondary N) is 1. The number of anilines is 1. The maximum absolute atomic E-state index is 12.6. The smallest absolute Gasteiger partial charge is 0.251 e. The van der Waals surface area contributed by atoms with Crippen LogP contribution in [0.1, 0.15) is 39.9 Å². The van der Waals surface area contributed by atoms with Crippen molar-refractivity contribution in [3.05, 3.63) is 52.6 Å². The molecule has 174 valence electrons. The lowest BCUT2D eigenvalue weighted by molar-refractivity contribution is 0.0947. The largest absolute Gasteiger partial charge is 0.494 e. The Morgan fingerprint density at radius 1 is 1.09 bits per heavy atom. The van der Waals surface area contributed by atoms with Gasteiger partial charge in [-0.3, -0.25) is 9.69 Å². The number of aromatic nitrogens is 1. The zero-order chi connectivity index (χ0) is 22.8. The molecule has 1 aromatic heterocycles. The van der Waals surface area contributed by atoms with E-state index in [4.69, 9.17) is 9.72 Å². The van der Waals surface area contributed by atoms with Gasteiger partial charge in [-0.2, -0.15) is 0 Å². The number of hydrogen-bond donors (Lipinski definition) is 1. The molecule has 1 amide bonds. The van der Waals surface area contributed by atoms with Gasteiger partial charge in [0.2, 0.25) is 0 Å². The summed E-state index contributed by atoms with van der Waals surface area (Å²) in [7, 11) is 1.70. The molecule has 6 nitrogen and oxygen atoms in total. The summed E-state index contributed by atoms with van der Waals surface area (Å²) in [6.45, 7) is 7.51. The number of piperazine rings is 1. The highest BCUT2D eigenvalue weighted by atomic mass is 32.1. The second kappa shape index (κ2) is 9.69. The summed E-state index contributed by atoms with van der Waals surface area (Å²) in [6.07, 6.45) is 4.74. The van der Waals surface area contributed by atoms with Gasteiger partial charge in [-0.15, -0.1) is 0 Å². The zero-order valence-electron chi connectivity index (χ0n) is 19.5. The highest BCUT2D eigenvalue weighted by Gasteiger charge is 2.21. The van der Waals surface area contributed by atoms with Crippen LogP contribution in [0.4, 0.5) is 5.13 Å². The third-order valence-corrected chi connectivity index (χ3v) is 8.13. The minimum absolute atomic E-state index is 0.0424. The number of thiazole rings is 1. The Kier molecular flexibility index (Phi) is 6.51. The number of carbonyl (C=O) groups excluding carboxylic acids is 1. The Balaban J connectivity index is 1.12. The summed E-state index contributed by atoms with van der Waals surface area (Å²) in [4.78, 5) is 22.3. The van der Waals surface area contributed by atoms with Gasteiger partial charge in [-0.1, -0.05) is 23.5 Å². The van der Waals surface area contributed by atoms with E-state index < -0.39 is 0 Å². The first kappa shape index (κ1) is 22.2. The third kappa shape index (κ3) is 4.70. The fourth-order valence-electron chi connectivity index (χ4n) is 4.87. The number of hydrogen-bond acceptors (Lipinski definition) is 6. The van der Waals surface area contributed by atoms with Gasteiger partial charge < -0.3 is 15.0 Å². The molecule has 2 heterocycles. The monoisotopic (exact) mass is 464 g/mol. The maximum Gasteiger partial charge on any atom is 0.251 e. The third-order valence-electron chi connectivity index (χ3n) is 6.88. The van der Waals surface area contributed by atoms with Crippen LogP contribution in [0.2, 0.25) is 0 Å². The van der Waals surface area contributed by atoms with E-state index in [0.29, 0.717) is 6.54 Å². The van der Waals surface area contributed by atoms with Crippen LogP contribution in [-0.4, -0.2) is 62.2 Å². The molecule has 1 fully saturated rings. The normalized spacial score (nSPS) is 16.6. The number of carbonyl (C=O) groups is 1. The number of fused-ring (bicyclic) bond motifs is 2. The lowest BCUT2D eigenvalue weighted by Gasteiger charge is -2.34. The van der Waals surface area contributed by atoms with Crippen LogP contribution in [0.25, 0.3) is 10.2 Å². The molecule has 0 spiro atoms. The van der Waals surface area contributed by atoms with Gasteiger partial charge in [0.1, 0.15) is 11.3 Å². The van der Waals surface area contributed by atoms with Gasteiger partial charge >= 0.3 is 0 Å². The summed E-state index contributed by atoms with van der Waals surface area (Å²) in [6, 6.07) is 10.3. The molecule has 0 atom stereocenters. The average molecular weight is 465 g/mol. The van der Waals surface area contributed by atoms with Gasteiger partial charge in [0, 0.05) is 44.8 Å². The van der Waals surface area contributed by atoms with Crippen molar-refractivity contribution in [2.24, 2.45) is 0 Å². The molecule has 1 N–H and O–H groups in total. The second-order valence-corrected chi connectivity index (χ2v) is 10.0. The average Bonchev–Trinajstić information content (AvgIpc) is 3.31. The van der Waals surface area contributed by atoms with Gasteiger partial charge in [0.05, 0.1) is 11.8 Å². The van der Waals surface area contributed by atoms with Crippen molar-refractivity contribution in [3.8, 4) is 5.75 Å². The topological polar surface area (TPSA) is 57.7 Å². The Hall–Kier alpha value is -2.64. The van der Waals surface area contributed by atoms with Crippen LogP contribution in [0.3, 0.4) is 0 Å². The lowest BCUT2D eigenvalue weighted by atomic mass is 9.90. The first-order valence-corrected chi connectivity index (χ1v) is 12.8. The minimum Gasteiger partial charge on any atom is -0.494 e. The van der Waals surface area contributed by atoms with E-state index in [1.807, 2.05) is 12.1 Å². The maximum atomic E-state index is 12.6. The molecule has 1 aliphatic heterocycles. The molecular formula is C26H32N4O2S. The van der Waals surface area contributed by atoms with Gasteiger partial charge in [-0.05, 0) is 67.5 Å². The fourth-order valence-corrected chi connectivity index (χ4v) is 5.97. The standard InChI is InChI=1S/C26H32N4O2S/c1-18-7-10-22(32-2)23-24(18)33-26(28-23)30-15-13-29(14-16-30)12-11-27-25(31)21-9-8-19-5-3-4-6-20(19)17-21/h7-10,17H,3-6,11-16H2,1-2H3,(H,27,31). The van der Waals surface area contributed by atoms with Crippen LogP contribution in [-0.2, 0) is 12.8 Å². The Morgan fingerprint density at radius 2 is 1.88 bits per heavy atom. The molecule has 5 rings (SSSR count). The summed E-state index contributed by atoms with van der Waals surface area (Å²) in [5.41, 5.74) is 5.76. The fraction of sp³-hybridized carbons (Fsp3) is 0.462. The molecular weight excluding hydrogens is 432 g/mol. The van der Waals surface area contributed by atoms with Crippen molar-refractivity contribution < 1.29 is 9.53 Å². The molecule has 0 radical (unpaired) electrons. The van der Waals surface area contributed by atoms with Crippen LogP contribution >= 0.6 is 11.3 Å². The highest BCUT2D eigenvalue weighted by molar-refractivity contribution is 7.22. The van der Waals surface area contributed by atoms with E-state index in [0.717, 1.165) is 67.5 Å². The van der Waals surface area contributed by atoms with Crippen LogP contribution < -0.4 is 15.0 Å². The Morgan fingerprint density at radius 3 is 2.67 bits per heavy atom. The van der Waals surface area contributed by atoms with Gasteiger partial charge in [-0.25, -0.2) is 4.98 Å². The number of ether oxygens (including phenoxy) is 1. The molecule has 0 bridgehead atoms. The van der Waals surface area contributed by atoms with Crippen LogP contribution in [0, 0.1) is 6.92 Å². The Bertz CT molecular complexity index is 1150. The van der Waals surface area contributed by atoms with E-state index >= 15 is 0 Å². The number of rotatable bonds is 6. The predicted octanol–water partition coefficient (Wildman–Crippen LogP) is 4.04. The molecule has 0 unspecified atom stereocenters. The van der Waals surface area contributed by atoms with E-state index in [-0.39, 0.29) is 5.91 Å². The molecule has 3 aromatic rings.